The van der Waals surface area contributed by atoms with Crippen LogP contribution in [0.3, 0.4) is 0 Å². The summed E-state index contributed by atoms with van der Waals surface area (Å²) in [6, 6.07) is 11.4. The van der Waals surface area contributed by atoms with E-state index < -0.39 is 5.91 Å². The van der Waals surface area contributed by atoms with Crippen LogP contribution in [0.2, 0.25) is 0 Å². The van der Waals surface area contributed by atoms with Crippen molar-refractivity contribution in [3.63, 3.8) is 0 Å². The van der Waals surface area contributed by atoms with Crippen LogP contribution in [0, 0.1) is 0 Å². The number of carbonyl (C=O) groups is 2. The van der Waals surface area contributed by atoms with E-state index >= 15 is 0 Å². The molecule has 1 aliphatic carbocycles. The number of nitrogens with one attached hydrogen (secondary N) is 1. The summed E-state index contributed by atoms with van der Waals surface area (Å²) in [5, 5.41) is 3.44. The fraction of sp³-hybridized carbons (Fsp3) is 0.448. The minimum Gasteiger partial charge on any atom is -0.486 e. The molecule has 0 fully saturated rings. The fourth-order valence-electron chi connectivity index (χ4n) is 4.14. The molecule has 1 unspecified atom stereocenters. The topological polar surface area (TPSA) is 77.8 Å². The summed E-state index contributed by atoms with van der Waals surface area (Å²) in [4.78, 5) is 27.1. The number of benzene rings is 1. The monoisotopic (exact) mass is 509 g/mol. The lowest BCUT2D eigenvalue weighted by Gasteiger charge is -2.19. The van der Waals surface area contributed by atoms with Crippen molar-refractivity contribution in [1.82, 2.24) is 0 Å². The highest BCUT2D eigenvalue weighted by Crippen LogP contribution is 2.39. The van der Waals surface area contributed by atoms with Crippen LogP contribution in [0.4, 0.5) is 5.00 Å². The van der Waals surface area contributed by atoms with Crippen LogP contribution in [0.1, 0.15) is 96.6 Å². The molecule has 4 rings (SSSR count). The lowest BCUT2D eigenvalue weighted by Crippen LogP contribution is -2.18. The number of ether oxygens (including phenoxy) is 2. The summed E-state index contributed by atoms with van der Waals surface area (Å²) in [6.07, 6.45) is 4.40. The highest BCUT2D eigenvalue weighted by Gasteiger charge is 2.29. The van der Waals surface area contributed by atoms with Gasteiger partial charge in [0.2, 0.25) is 0 Å². The third-order valence-corrected chi connectivity index (χ3v) is 7.68. The standard InChI is InChI=1S/C29H35NO5S/c1-6-18(2)34-28(32)25-22-9-7-8-10-24(22)36-27(25)30-26(31)23-16-15-21(35-23)17-33-20-13-11-19(12-14-20)29(3,4)5/h11-16,18H,6-10,17H2,1-5H3,(H,30,31). The van der Waals surface area contributed by atoms with Crippen LogP contribution in [-0.2, 0) is 29.6 Å². The number of furan rings is 1. The van der Waals surface area contributed by atoms with E-state index in [0.717, 1.165) is 48.3 Å². The largest absolute Gasteiger partial charge is 0.486 e. The SMILES string of the molecule is CCC(C)OC(=O)c1c(NC(=O)c2ccc(COc3ccc(C(C)(C)C)cc3)o2)sc2c1CCCC2. The van der Waals surface area contributed by atoms with Crippen LogP contribution in [0.15, 0.2) is 40.8 Å². The first kappa shape index (κ1) is 26.0. The van der Waals surface area contributed by atoms with E-state index in [4.69, 9.17) is 13.9 Å². The second-order valence-corrected chi connectivity index (χ2v) is 11.4. The zero-order chi connectivity index (χ0) is 25.9. The van der Waals surface area contributed by atoms with Crippen molar-refractivity contribution in [2.75, 3.05) is 5.32 Å². The predicted molar refractivity (Wildman–Crippen MR) is 142 cm³/mol. The van der Waals surface area contributed by atoms with Crippen LogP contribution >= 0.6 is 11.3 Å². The van der Waals surface area contributed by atoms with Crippen molar-refractivity contribution in [1.29, 1.82) is 0 Å². The Bertz CT molecular complexity index is 1220. The number of aryl methyl sites for hydroxylation is 1. The number of fused-ring (bicyclic) bond motifs is 1. The molecule has 1 aliphatic rings. The molecule has 2 aromatic heterocycles. The molecule has 0 aliphatic heterocycles. The van der Waals surface area contributed by atoms with Crippen molar-refractivity contribution < 1.29 is 23.5 Å². The van der Waals surface area contributed by atoms with Gasteiger partial charge in [-0.1, -0.05) is 39.8 Å². The van der Waals surface area contributed by atoms with E-state index in [1.54, 1.807) is 12.1 Å². The minimum atomic E-state index is -0.396. The third-order valence-electron chi connectivity index (χ3n) is 6.47. The van der Waals surface area contributed by atoms with E-state index in [0.29, 0.717) is 16.3 Å². The lowest BCUT2D eigenvalue weighted by atomic mass is 9.87. The summed E-state index contributed by atoms with van der Waals surface area (Å²) in [5.74, 6) is 0.683. The number of esters is 1. The first-order valence-corrected chi connectivity index (χ1v) is 13.5. The number of hydrogen-bond donors (Lipinski definition) is 1. The van der Waals surface area contributed by atoms with Gasteiger partial charge in [-0.25, -0.2) is 4.79 Å². The molecule has 3 aromatic rings. The Hall–Kier alpha value is -3.06. The molecular weight excluding hydrogens is 474 g/mol. The average Bonchev–Trinajstić information content (AvgIpc) is 3.47. The molecule has 0 spiro atoms. The van der Waals surface area contributed by atoms with Gasteiger partial charge in [0.15, 0.2) is 5.76 Å². The van der Waals surface area contributed by atoms with E-state index in [1.807, 2.05) is 26.0 Å². The number of rotatable bonds is 8. The molecule has 1 atom stereocenters. The van der Waals surface area contributed by atoms with E-state index in [9.17, 15) is 9.59 Å². The van der Waals surface area contributed by atoms with Gasteiger partial charge in [0.05, 0.1) is 11.7 Å². The zero-order valence-corrected chi connectivity index (χ0v) is 22.6. The first-order chi connectivity index (χ1) is 17.2. The Morgan fingerprint density at radius 3 is 2.50 bits per heavy atom. The Morgan fingerprint density at radius 2 is 1.81 bits per heavy atom. The van der Waals surface area contributed by atoms with E-state index in [-0.39, 0.29) is 29.9 Å². The molecule has 0 bridgehead atoms. The van der Waals surface area contributed by atoms with Crippen molar-refractivity contribution in [3.8, 4) is 5.75 Å². The van der Waals surface area contributed by atoms with Gasteiger partial charge in [-0.15, -0.1) is 11.3 Å². The number of carbonyl (C=O) groups excluding carboxylic acids is 2. The number of anilines is 1. The molecule has 0 radical (unpaired) electrons. The predicted octanol–water partition coefficient (Wildman–Crippen LogP) is 7.30. The molecule has 7 heteroatoms. The summed E-state index contributed by atoms with van der Waals surface area (Å²) in [6.45, 7) is 10.6. The summed E-state index contributed by atoms with van der Waals surface area (Å²) in [7, 11) is 0. The van der Waals surface area contributed by atoms with Crippen LogP contribution in [0.5, 0.6) is 5.75 Å². The number of amides is 1. The molecule has 6 nitrogen and oxygen atoms in total. The Labute approximate surface area is 217 Å². The smallest absolute Gasteiger partial charge is 0.341 e. The molecule has 2 heterocycles. The minimum absolute atomic E-state index is 0.0779. The zero-order valence-electron chi connectivity index (χ0n) is 21.7. The van der Waals surface area contributed by atoms with Gasteiger partial charge < -0.3 is 19.2 Å². The van der Waals surface area contributed by atoms with Crippen molar-refractivity contribution >= 4 is 28.2 Å². The normalized spacial score (nSPS) is 14.1. The maximum absolute atomic E-state index is 13.0. The van der Waals surface area contributed by atoms with Gasteiger partial charge in [0, 0.05) is 4.88 Å². The van der Waals surface area contributed by atoms with Crippen molar-refractivity contribution in [2.45, 2.75) is 84.8 Å². The molecule has 1 N–H and O–H groups in total. The highest BCUT2D eigenvalue weighted by molar-refractivity contribution is 7.17. The summed E-state index contributed by atoms with van der Waals surface area (Å²) >= 11 is 1.47. The summed E-state index contributed by atoms with van der Waals surface area (Å²) in [5.41, 5.74) is 2.82. The van der Waals surface area contributed by atoms with Crippen LogP contribution in [-0.4, -0.2) is 18.0 Å². The second kappa shape index (κ2) is 10.9. The maximum Gasteiger partial charge on any atom is 0.341 e. The number of thiophene rings is 1. The van der Waals surface area contributed by atoms with Crippen LogP contribution < -0.4 is 10.1 Å². The van der Waals surface area contributed by atoms with E-state index in [2.05, 4.69) is 38.2 Å². The van der Waals surface area contributed by atoms with Crippen LogP contribution in [0.25, 0.3) is 0 Å². The molecule has 0 saturated heterocycles. The molecule has 192 valence electrons. The third kappa shape index (κ3) is 6.01. The van der Waals surface area contributed by atoms with Gasteiger partial charge in [-0.3, -0.25) is 4.79 Å². The Kier molecular flexibility index (Phi) is 7.88. The van der Waals surface area contributed by atoms with E-state index in [1.165, 1.54) is 16.9 Å². The first-order valence-electron chi connectivity index (χ1n) is 12.6. The lowest BCUT2D eigenvalue weighted by molar-refractivity contribution is 0.0335. The van der Waals surface area contributed by atoms with Gasteiger partial charge in [0.25, 0.3) is 5.91 Å². The average molecular weight is 510 g/mol. The second-order valence-electron chi connectivity index (χ2n) is 10.3. The molecular formula is C29H35NO5S. The van der Waals surface area contributed by atoms with Gasteiger partial charge in [0.1, 0.15) is 23.1 Å². The van der Waals surface area contributed by atoms with Gasteiger partial charge in [-0.2, -0.15) is 0 Å². The van der Waals surface area contributed by atoms with Gasteiger partial charge >= 0.3 is 5.97 Å². The molecule has 0 saturated carbocycles. The Morgan fingerprint density at radius 1 is 1.08 bits per heavy atom. The molecule has 1 aromatic carbocycles. The Balaban J connectivity index is 1.44. The number of hydrogen-bond acceptors (Lipinski definition) is 6. The highest BCUT2D eigenvalue weighted by atomic mass is 32.1. The molecule has 36 heavy (non-hydrogen) atoms. The van der Waals surface area contributed by atoms with Gasteiger partial charge in [-0.05, 0) is 79.8 Å². The fourth-order valence-corrected chi connectivity index (χ4v) is 5.42. The van der Waals surface area contributed by atoms with Crippen molar-refractivity contribution in [2.24, 2.45) is 0 Å². The quantitative estimate of drug-likeness (QED) is 0.322. The maximum atomic E-state index is 13.0. The summed E-state index contributed by atoms with van der Waals surface area (Å²) < 4.78 is 17.2. The van der Waals surface area contributed by atoms with Crippen molar-refractivity contribution in [3.05, 3.63) is 69.5 Å². The molecule has 1 amide bonds.